The molecule has 2 aliphatic heterocycles. The fourth-order valence-electron chi connectivity index (χ4n) is 5.42. The van der Waals surface area contributed by atoms with Gasteiger partial charge in [-0.15, -0.1) is 0 Å². The van der Waals surface area contributed by atoms with Gasteiger partial charge in [0.05, 0.1) is 43.2 Å². The van der Waals surface area contributed by atoms with Crippen LogP contribution < -0.4 is 15.2 Å². The molecule has 36 heavy (non-hydrogen) atoms. The molecule has 188 valence electrons. The lowest BCUT2D eigenvalue weighted by Gasteiger charge is -2.45. The van der Waals surface area contributed by atoms with Crippen molar-refractivity contribution in [2.75, 3.05) is 66.2 Å². The van der Waals surface area contributed by atoms with Crippen LogP contribution in [0.3, 0.4) is 0 Å². The Labute approximate surface area is 212 Å². The Morgan fingerprint density at radius 3 is 2.56 bits per heavy atom. The van der Waals surface area contributed by atoms with E-state index in [4.69, 9.17) is 19.9 Å². The first-order valence-electron chi connectivity index (χ1n) is 12.3. The van der Waals surface area contributed by atoms with Gasteiger partial charge in [0.2, 0.25) is 0 Å². The zero-order chi connectivity index (χ0) is 25.7. The standard InChI is InChI=1S/C27H32N6O3/c1-3-35-24-14-19(4-5-23(24)36-13-10-33-8-11-34-12-9-33)25-22-16-32(2)7-6-20(22)21(15-28)26(31)27(25,17-29)18-30/h4-6,14,22,25H,3,7-13,16,31H2,1-2H3/t22-,25+/m0/s1. The van der Waals surface area contributed by atoms with E-state index in [-0.39, 0.29) is 17.2 Å². The third kappa shape index (κ3) is 4.64. The predicted octanol–water partition coefficient (Wildman–Crippen LogP) is 2.15. The van der Waals surface area contributed by atoms with E-state index < -0.39 is 11.3 Å². The quantitative estimate of drug-likeness (QED) is 0.613. The molecule has 2 N–H and O–H groups in total. The van der Waals surface area contributed by atoms with E-state index in [0.29, 0.717) is 37.8 Å². The molecule has 9 nitrogen and oxygen atoms in total. The van der Waals surface area contributed by atoms with Crippen molar-refractivity contribution in [1.82, 2.24) is 9.80 Å². The van der Waals surface area contributed by atoms with Gasteiger partial charge in [-0.2, -0.15) is 15.8 Å². The highest BCUT2D eigenvalue weighted by molar-refractivity contribution is 5.60. The number of nitrogens with zero attached hydrogens (tertiary/aromatic N) is 5. The third-order valence-corrected chi connectivity index (χ3v) is 7.24. The van der Waals surface area contributed by atoms with Crippen molar-refractivity contribution in [2.45, 2.75) is 12.8 Å². The average molecular weight is 489 g/mol. The van der Waals surface area contributed by atoms with Gasteiger partial charge in [0.1, 0.15) is 12.7 Å². The molecule has 2 atom stereocenters. The monoisotopic (exact) mass is 488 g/mol. The van der Waals surface area contributed by atoms with E-state index in [1.165, 1.54) is 0 Å². The smallest absolute Gasteiger partial charge is 0.191 e. The van der Waals surface area contributed by atoms with Crippen molar-refractivity contribution >= 4 is 0 Å². The van der Waals surface area contributed by atoms with Gasteiger partial charge in [0.15, 0.2) is 16.9 Å². The molecule has 1 fully saturated rings. The molecule has 9 heteroatoms. The molecule has 1 aromatic carbocycles. The van der Waals surface area contributed by atoms with E-state index in [1.54, 1.807) is 0 Å². The molecule has 0 unspecified atom stereocenters. The molecular formula is C27H32N6O3. The first-order valence-corrected chi connectivity index (χ1v) is 12.3. The van der Waals surface area contributed by atoms with Crippen molar-refractivity contribution in [1.29, 1.82) is 15.8 Å². The summed E-state index contributed by atoms with van der Waals surface area (Å²) >= 11 is 0. The minimum Gasteiger partial charge on any atom is -0.490 e. The van der Waals surface area contributed by atoms with E-state index in [0.717, 1.165) is 44.0 Å². The van der Waals surface area contributed by atoms with E-state index in [1.807, 2.05) is 38.2 Å². The Hall–Kier alpha value is -3.55. The van der Waals surface area contributed by atoms with Crippen LogP contribution >= 0.6 is 0 Å². The molecule has 0 spiro atoms. The molecule has 0 amide bonds. The summed E-state index contributed by atoms with van der Waals surface area (Å²) in [4.78, 5) is 4.41. The molecule has 1 aliphatic carbocycles. The van der Waals surface area contributed by atoms with Crippen LogP contribution in [0.5, 0.6) is 11.5 Å². The summed E-state index contributed by atoms with van der Waals surface area (Å²) in [6, 6.07) is 12.1. The lowest BCUT2D eigenvalue weighted by molar-refractivity contribution is 0.0321. The number of nitrogens with two attached hydrogens (primary N) is 1. The normalized spacial score (nSPS) is 24.0. The van der Waals surface area contributed by atoms with Crippen molar-refractivity contribution < 1.29 is 14.2 Å². The van der Waals surface area contributed by atoms with Gasteiger partial charge < -0.3 is 24.8 Å². The van der Waals surface area contributed by atoms with Crippen molar-refractivity contribution in [2.24, 2.45) is 17.1 Å². The van der Waals surface area contributed by atoms with E-state index in [9.17, 15) is 15.8 Å². The number of nitriles is 3. The number of hydrogen-bond donors (Lipinski definition) is 1. The van der Waals surface area contributed by atoms with Crippen LogP contribution in [0.2, 0.25) is 0 Å². The Morgan fingerprint density at radius 2 is 1.89 bits per heavy atom. The van der Waals surface area contributed by atoms with Gasteiger partial charge in [-0.3, -0.25) is 4.90 Å². The maximum atomic E-state index is 10.3. The Bertz CT molecular complexity index is 1150. The van der Waals surface area contributed by atoms with Crippen molar-refractivity contribution in [3.8, 4) is 29.7 Å². The minimum atomic E-state index is -1.67. The van der Waals surface area contributed by atoms with Crippen molar-refractivity contribution in [3.05, 3.63) is 46.7 Å². The van der Waals surface area contributed by atoms with Crippen LogP contribution in [-0.2, 0) is 4.74 Å². The van der Waals surface area contributed by atoms with Crippen LogP contribution in [-0.4, -0.2) is 76.0 Å². The molecule has 2 heterocycles. The lowest BCUT2D eigenvalue weighted by atomic mass is 9.58. The largest absolute Gasteiger partial charge is 0.490 e. The summed E-state index contributed by atoms with van der Waals surface area (Å²) in [5.74, 6) is 0.361. The number of benzene rings is 1. The molecule has 1 aromatic rings. The zero-order valence-corrected chi connectivity index (χ0v) is 20.9. The molecule has 1 saturated heterocycles. The average Bonchev–Trinajstić information content (AvgIpc) is 2.90. The molecule has 0 bridgehead atoms. The number of rotatable bonds is 7. The van der Waals surface area contributed by atoms with Gasteiger partial charge >= 0.3 is 0 Å². The maximum absolute atomic E-state index is 10.3. The zero-order valence-electron chi connectivity index (χ0n) is 20.9. The van der Waals surface area contributed by atoms with E-state index >= 15 is 0 Å². The summed E-state index contributed by atoms with van der Waals surface area (Å²) in [6.45, 7) is 8.14. The Balaban J connectivity index is 1.70. The summed E-state index contributed by atoms with van der Waals surface area (Å²) in [5.41, 5.74) is 6.58. The minimum absolute atomic E-state index is 0.0239. The predicted molar refractivity (Wildman–Crippen MR) is 133 cm³/mol. The summed E-state index contributed by atoms with van der Waals surface area (Å²) in [7, 11) is 1.98. The Morgan fingerprint density at radius 1 is 1.14 bits per heavy atom. The highest BCUT2D eigenvalue weighted by atomic mass is 16.5. The number of ether oxygens (including phenoxy) is 3. The molecule has 3 aliphatic rings. The number of likely N-dealkylation sites (N-methyl/N-ethyl adjacent to an activating group) is 1. The first-order chi connectivity index (χ1) is 17.5. The van der Waals surface area contributed by atoms with E-state index in [2.05, 4.69) is 28.0 Å². The highest BCUT2D eigenvalue weighted by Gasteiger charge is 2.54. The molecule has 4 rings (SSSR count). The van der Waals surface area contributed by atoms with Crippen molar-refractivity contribution in [3.63, 3.8) is 0 Å². The number of morpholine rings is 1. The Kier molecular flexibility index (Phi) is 7.82. The first kappa shape index (κ1) is 25.5. The summed E-state index contributed by atoms with van der Waals surface area (Å²) < 4.78 is 17.4. The van der Waals surface area contributed by atoms with Gasteiger partial charge in [-0.05, 0) is 37.2 Å². The number of allylic oxidation sites excluding steroid dienone is 2. The van der Waals surface area contributed by atoms with Gasteiger partial charge in [-0.1, -0.05) is 12.1 Å². The summed E-state index contributed by atoms with van der Waals surface area (Å²) in [6.07, 6.45) is 1.98. The molecular weight excluding hydrogens is 456 g/mol. The second-order valence-electron chi connectivity index (χ2n) is 9.34. The molecule has 0 aromatic heterocycles. The second-order valence-corrected chi connectivity index (χ2v) is 9.34. The fourth-order valence-corrected chi connectivity index (χ4v) is 5.42. The lowest BCUT2D eigenvalue weighted by Crippen LogP contribution is -2.47. The fraction of sp³-hybridized carbons (Fsp3) is 0.519. The van der Waals surface area contributed by atoms with Crippen LogP contribution in [0, 0.1) is 45.3 Å². The van der Waals surface area contributed by atoms with Crippen LogP contribution in [0.15, 0.2) is 41.1 Å². The topological polar surface area (TPSA) is 132 Å². The number of hydrogen-bond acceptors (Lipinski definition) is 9. The SMILES string of the molecule is CCOc1cc([C@@H]2[C@H]3CN(C)CC=C3C(C#N)=C(N)C2(C#N)C#N)ccc1OCCN1CCOCC1. The maximum Gasteiger partial charge on any atom is 0.191 e. The van der Waals surface area contributed by atoms with Crippen LogP contribution in [0.25, 0.3) is 0 Å². The van der Waals surface area contributed by atoms with Gasteiger partial charge in [-0.25, -0.2) is 0 Å². The second kappa shape index (κ2) is 11.0. The van der Waals surface area contributed by atoms with Crippen LogP contribution in [0.1, 0.15) is 18.4 Å². The van der Waals surface area contributed by atoms with Gasteiger partial charge in [0, 0.05) is 44.6 Å². The molecule has 0 radical (unpaired) electrons. The van der Waals surface area contributed by atoms with Gasteiger partial charge in [0.25, 0.3) is 0 Å². The summed E-state index contributed by atoms with van der Waals surface area (Å²) in [5, 5.41) is 30.4. The highest BCUT2D eigenvalue weighted by Crippen LogP contribution is 2.54. The van der Waals surface area contributed by atoms with Crippen LogP contribution in [0.4, 0.5) is 0 Å². The molecule has 0 saturated carbocycles. The third-order valence-electron chi connectivity index (χ3n) is 7.24. The number of fused-ring (bicyclic) bond motifs is 1.